The highest BCUT2D eigenvalue weighted by Crippen LogP contribution is 2.18. The number of hydrogen-bond acceptors (Lipinski definition) is 4. The van der Waals surface area contributed by atoms with E-state index in [1.807, 2.05) is 4.90 Å². The van der Waals surface area contributed by atoms with Crippen molar-refractivity contribution in [3.63, 3.8) is 0 Å². The maximum absolute atomic E-state index is 12.6. The number of carbonyl (C=O) groups excluding carboxylic acids is 1. The topological polar surface area (TPSA) is 44.8 Å². The van der Waals surface area contributed by atoms with Crippen LogP contribution in [0.15, 0.2) is 0 Å². The average molecular weight is 271 g/mol. The van der Waals surface area contributed by atoms with Gasteiger partial charge in [-0.1, -0.05) is 0 Å². The fourth-order valence-electron chi connectivity index (χ4n) is 2.54. The first kappa shape index (κ1) is 16.4. The molecule has 1 rings (SSSR count). The molecule has 1 heterocycles. The number of hydrogen-bond donors (Lipinski definition) is 1. The van der Waals surface area contributed by atoms with Gasteiger partial charge in [-0.15, -0.1) is 0 Å². The van der Waals surface area contributed by atoms with Crippen LogP contribution in [0.3, 0.4) is 0 Å². The number of nitrogens with one attached hydrogen (secondary N) is 1. The first-order valence-corrected chi connectivity index (χ1v) is 7.22. The lowest BCUT2D eigenvalue weighted by atomic mass is 10.0. The molecular formula is C14H29N3O2. The Balaban J connectivity index is 2.48. The fourth-order valence-corrected chi connectivity index (χ4v) is 2.54. The lowest BCUT2D eigenvalue weighted by Crippen LogP contribution is -2.42. The maximum Gasteiger partial charge on any atom is 0.227 e. The molecule has 1 aliphatic rings. The van der Waals surface area contributed by atoms with Crippen LogP contribution in [0.4, 0.5) is 0 Å². The van der Waals surface area contributed by atoms with Crippen LogP contribution in [0.5, 0.6) is 0 Å². The molecule has 1 N–H and O–H groups in total. The SMILES string of the molecule is COCCN(CCCN(C)C)C(=O)C1CCNC1C. The van der Waals surface area contributed by atoms with E-state index in [0.717, 1.165) is 32.5 Å². The van der Waals surface area contributed by atoms with Crippen LogP contribution in [-0.2, 0) is 9.53 Å². The molecule has 0 aliphatic carbocycles. The summed E-state index contributed by atoms with van der Waals surface area (Å²) in [5.74, 6) is 0.421. The highest BCUT2D eigenvalue weighted by molar-refractivity contribution is 5.79. The largest absolute Gasteiger partial charge is 0.383 e. The highest BCUT2D eigenvalue weighted by Gasteiger charge is 2.32. The molecule has 0 radical (unpaired) electrons. The lowest BCUT2D eigenvalue weighted by molar-refractivity contribution is -0.136. The van der Waals surface area contributed by atoms with Crippen molar-refractivity contribution >= 4 is 5.91 Å². The Hall–Kier alpha value is -0.650. The van der Waals surface area contributed by atoms with Crippen LogP contribution < -0.4 is 5.32 Å². The van der Waals surface area contributed by atoms with Gasteiger partial charge in [0.15, 0.2) is 0 Å². The fraction of sp³-hybridized carbons (Fsp3) is 0.929. The van der Waals surface area contributed by atoms with E-state index in [1.165, 1.54) is 0 Å². The van der Waals surface area contributed by atoms with Crippen LogP contribution in [-0.4, -0.2) is 75.7 Å². The molecule has 0 bridgehead atoms. The average Bonchev–Trinajstić information content (AvgIpc) is 2.78. The molecule has 1 amide bonds. The third-order valence-electron chi connectivity index (χ3n) is 3.75. The van der Waals surface area contributed by atoms with Gasteiger partial charge in [0, 0.05) is 26.2 Å². The first-order chi connectivity index (χ1) is 9.06. The van der Waals surface area contributed by atoms with Crippen molar-refractivity contribution in [3.8, 4) is 0 Å². The minimum atomic E-state index is 0.135. The van der Waals surface area contributed by atoms with Gasteiger partial charge in [-0.25, -0.2) is 0 Å². The summed E-state index contributed by atoms with van der Waals surface area (Å²) in [4.78, 5) is 16.7. The normalized spacial score (nSPS) is 23.0. The predicted molar refractivity (Wildman–Crippen MR) is 77.2 cm³/mol. The molecule has 0 saturated carbocycles. The van der Waals surface area contributed by atoms with Gasteiger partial charge in [0.05, 0.1) is 12.5 Å². The Bertz CT molecular complexity index is 271. The summed E-state index contributed by atoms with van der Waals surface area (Å²) in [5.41, 5.74) is 0. The van der Waals surface area contributed by atoms with Gasteiger partial charge in [-0.3, -0.25) is 4.79 Å². The van der Waals surface area contributed by atoms with Crippen LogP contribution in [0.1, 0.15) is 19.8 Å². The van der Waals surface area contributed by atoms with Crippen molar-refractivity contribution in [3.05, 3.63) is 0 Å². The number of nitrogens with zero attached hydrogens (tertiary/aromatic N) is 2. The predicted octanol–water partition coefficient (Wildman–Crippen LogP) is 0.411. The number of rotatable bonds is 8. The van der Waals surface area contributed by atoms with E-state index in [-0.39, 0.29) is 11.8 Å². The standard InChI is InChI=1S/C14H29N3O2/c1-12-13(6-7-15-12)14(18)17(10-11-19-4)9-5-8-16(2)3/h12-13,15H,5-11H2,1-4H3. The van der Waals surface area contributed by atoms with Crippen molar-refractivity contribution in [2.24, 2.45) is 5.92 Å². The summed E-state index contributed by atoms with van der Waals surface area (Å²) in [6, 6.07) is 0.298. The molecule has 0 aromatic rings. The summed E-state index contributed by atoms with van der Waals surface area (Å²) in [5, 5.41) is 3.35. The zero-order valence-corrected chi connectivity index (χ0v) is 12.8. The van der Waals surface area contributed by atoms with E-state index in [1.54, 1.807) is 7.11 Å². The second-order valence-electron chi connectivity index (χ2n) is 5.61. The smallest absolute Gasteiger partial charge is 0.227 e. The van der Waals surface area contributed by atoms with Gasteiger partial charge in [0.2, 0.25) is 5.91 Å². The van der Waals surface area contributed by atoms with E-state index in [4.69, 9.17) is 4.74 Å². The minimum absolute atomic E-state index is 0.135. The molecule has 0 spiro atoms. The van der Waals surface area contributed by atoms with E-state index in [2.05, 4.69) is 31.2 Å². The zero-order chi connectivity index (χ0) is 14.3. The summed E-state index contributed by atoms with van der Waals surface area (Å²) in [6.45, 7) is 6.20. The molecule has 2 unspecified atom stereocenters. The Morgan fingerprint density at radius 3 is 2.58 bits per heavy atom. The third-order valence-corrected chi connectivity index (χ3v) is 3.75. The second kappa shape index (κ2) is 8.51. The van der Waals surface area contributed by atoms with E-state index in [9.17, 15) is 4.79 Å². The minimum Gasteiger partial charge on any atom is -0.383 e. The van der Waals surface area contributed by atoms with Gasteiger partial charge in [-0.2, -0.15) is 0 Å². The molecule has 0 aromatic carbocycles. The maximum atomic E-state index is 12.6. The van der Waals surface area contributed by atoms with E-state index in [0.29, 0.717) is 19.2 Å². The summed E-state index contributed by atoms with van der Waals surface area (Å²) in [6.07, 6.45) is 1.97. The van der Waals surface area contributed by atoms with Crippen LogP contribution in [0, 0.1) is 5.92 Å². The Labute approximate surface area is 117 Å². The monoisotopic (exact) mass is 271 g/mol. The molecule has 1 fully saturated rings. The molecule has 5 heteroatoms. The van der Waals surface area contributed by atoms with Gasteiger partial charge in [0.1, 0.15) is 0 Å². The van der Waals surface area contributed by atoms with E-state index < -0.39 is 0 Å². The summed E-state index contributed by atoms with van der Waals surface area (Å²) < 4.78 is 5.12. The van der Waals surface area contributed by atoms with Crippen LogP contribution >= 0.6 is 0 Å². The Kier molecular flexibility index (Phi) is 7.34. The molecule has 112 valence electrons. The zero-order valence-electron chi connectivity index (χ0n) is 12.8. The number of methoxy groups -OCH3 is 1. The summed E-state index contributed by atoms with van der Waals surface area (Å²) >= 11 is 0. The number of carbonyl (C=O) groups is 1. The first-order valence-electron chi connectivity index (χ1n) is 7.22. The Morgan fingerprint density at radius 2 is 2.05 bits per heavy atom. The molecule has 1 saturated heterocycles. The van der Waals surface area contributed by atoms with Crippen molar-refractivity contribution in [2.45, 2.75) is 25.8 Å². The second-order valence-corrected chi connectivity index (χ2v) is 5.61. The quantitative estimate of drug-likeness (QED) is 0.694. The highest BCUT2D eigenvalue weighted by atomic mass is 16.5. The van der Waals surface area contributed by atoms with Gasteiger partial charge < -0.3 is 19.9 Å². The van der Waals surface area contributed by atoms with Gasteiger partial charge >= 0.3 is 0 Å². The number of ether oxygens (including phenoxy) is 1. The van der Waals surface area contributed by atoms with Gasteiger partial charge in [0.25, 0.3) is 0 Å². The molecular weight excluding hydrogens is 242 g/mol. The van der Waals surface area contributed by atoms with Gasteiger partial charge in [-0.05, 0) is 47.0 Å². The molecule has 2 atom stereocenters. The molecule has 5 nitrogen and oxygen atoms in total. The van der Waals surface area contributed by atoms with Crippen molar-refractivity contribution in [2.75, 3.05) is 54.0 Å². The van der Waals surface area contributed by atoms with Crippen molar-refractivity contribution in [1.29, 1.82) is 0 Å². The number of amides is 1. The van der Waals surface area contributed by atoms with Crippen LogP contribution in [0.25, 0.3) is 0 Å². The summed E-state index contributed by atoms with van der Waals surface area (Å²) in [7, 11) is 5.80. The van der Waals surface area contributed by atoms with Crippen LogP contribution in [0.2, 0.25) is 0 Å². The third kappa shape index (κ3) is 5.47. The molecule has 19 heavy (non-hydrogen) atoms. The molecule has 1 aliphatic heterocycles. The lowest BCUT2D eigenvalue weighted by Gasteiger charge is -2.27. The Morgan fingerprint density at radius 1 is 1.32 bits per heavy atom. The van der Waals surface area contributed by atoms with E-state index >= 15 is 0 Å². The van der Waals surface area contributed by atoms with Crippen molar-refractivity contribution < 1.29 is 9.53 Å². The molecule has 0 aromatic heterocycles. The van der Waals surface area contributed by atoms with Crippen molar-refractivity contribution in [1.82, 2.24) is 15.1 Å².